The zero-order chi connectivity index (χ0) is 14.8. The van der Waals surface area contributed by atoms with E-state index in [0.29, 0.717) is 31.5 Å². The van der Waals surface area contributed by atoms with Crippen LogP contribution in [0.2, 0.25) is 0 Å². The van der Waals surface area contributed by atoms with Crippen LogP contribution in [0.3, 0.4) is 0 Å². The van der Waals surface area contributed by atoms with Gasteiger partial charge in [0.1, 0.15) is 11.6 Å². The lowest BCUT2D eigenvalue weighted by atomic mass is 10.1. The first kappa shape index (κ1) is 16.6. The number of carbonyl (C=O) groups excluding carboxylic acids is 1. The van der Waals surface area contributed by atoms with E-state index in [2.05, 4.69) is 5.32 Å². The standard InChI is InChI=1S/C15H22F2N2O/c16-13-9-12(10-14(17)11-13)6-8-19-15(20)5-3-1-2-4-7-18/h9-11H,1-8,18H2,(H,19,20). The van der Waals surface area contributed by atoms with Gasteiger partial charge in [-0.2, -0.15) is 0 Å². The number of rotatable bonds is 9. The highest BCUT2D eigenvalue weighted by molar-refractivity contribution is 5.75. The van der Waals surface area contributed by atoms with E-state index in [1.165, 1.54) is 12.1 Å². The fourth-order valence-electron chi connectivity index (χ4n) is 1.97. The molecule has 0 unspecified atom stereocenters. The van der Waals surface area contributed by atoms with E-state index in [0.717, 1.165) is 31.7 Å². The summed E-state index contributed by atoms with van der Waals surface area (Å²) in [5.41, 5.74) is 5.93. The molecule has 0 saturated heterocycles. The second kappa shape index (κ2) is 9.42. The molecule has 1 amide bonds. The average Bonchev–Trinajstić information content (AvgIpc) is 2.37. The molecule has 3 N–H and O–H groups in total. The smallest absolute Gasteiger partial charge is 0.220 e. The lowest BCUT2D eigenvalue weighted by Crippen LogP contribution is -2.25. The lowest BCUT2D eigenvalue weighted by Gasteiger charge is -2.06. The maximum Gasteiger partial charge on any atom is 0.220 e. The molecule has 1 aromatic carbocycles. The second-order valence-electron chi connectivity index (χ2n) is 4.83. The van der Waals surface area contributed by atoms with Crippen molar-refractivity contribution in [3.05, 3.63) is 35.4 Å². The predicted molar refractivity (Wildman–Crippen MR) is 75.2 cm³/mol. The van der Waals surface area contributed by atoms with Gasteiger partial charge in [-0.05, 0) is 43.5 Å². The third-order valence-corrected chi connectivity index (χ3v) is 3.02. The van der Waals surface area contributed by atoms with Crippen molar-refractivity contribution in [3.63, 3.8) is 0 Å². The molecule has 0 fully saturated rings. The highest BCUT2D eigenvalue weighted by atomic mass is 19.1. The minimum Gasteiger partial charge on any atom is -0.356 e. The molecule has 0 bridgehead atoms. The number of benzene rings is 1. The van der Waals surface area contributed by atoms with Crippen molar-refractivity contribution in [2.24, 2.45) is 5.73 Å². The van der Waals surface area contributed by atoms with E-state index in [1.54, 1.807) is 0 Å². The molecule has 20 heavy (non-hydrogen) atoms. The molecule has 1 rings (SSSR count). The second-order valence-corrected chi connectivity index (χ2v) is 4.83. The van der Waals surface area contributed by atoms with Crippen LogP contribution < -0.4 is 11.1 Å². The van der Waals surface area contributed by atoms with Gasteiger partial charge >= 0.3 is 0 Å². The largest absolute Gasteiger partial charge is 0.356 e. The summed E-state index contributed by atoms with van der Waals surface area (Å²) in [5.74, 6) is -1.20. The summed E-state index contributed by atoms with van der Waals surface area (Å²) in [5, 5.41) is 2.75. The highest BCUT2D eigenvalue weighted by Gasteiger charge is 2.03. The monoisotopic (exact) mass is 284 g/mol. The van der Waals surface area contributed by atoms with Crippen molar-refractivity contribution in [1.82, 2.24) is 5.32 Å². The zero-order valence-electron chi connectivity index (χ0n) is 11.6. The number of halogens is 2. The quantitative estimate of drug-likeness (QED) is 0.685. The fourth-order valence-corrected chi connectivity index (χ4v) is 1.97. The van der Waals surface area contributed by atoms with Crippen LogP contribution in [0.25, 0.3) is 0 Å². The summed E-state index contributed by atoms with van der Waals surface area (Å²) in [6, 6.07) is 3.40. The molecule has 5 heteroatoms. The topological polar surface area (TPSA) is 55.1 Å². The number of hydrogen-bond acceptors (Lipinski definition) is 2. The van der Waals surface area contributed by atoms with Gasteiger partial charge in [0.2, 0.25) is 5.91 Å². The summed E-state index contributed by atoms with van der Waals surface area (Å²) in [6.07, 6.45) is 4.80. The van der Waals surface area contributed by atoms with Crippen LogP contribution in [0, 0.1) is 11.6 Å². The van der Waals surface area contributed by atoms with Gasteiger partial charge in [0.05, 0.1) is 0 Å². The van der Waals surface area contributed by atoms with Crippen molar-refractivity contribution in [1.29, 1.82) is 0 Å². The van der Waals surface area contributed by atoms with Crippen LogP contribution in [-0.2, 0) is 11.2 Å². The van der Waals surface area contributed by atoms with Gasteiger partial charge in [0.25, 0.3) is 0 Å². The SMILES string of the molecule is NCCCCCCC(=O)NCCc1cc(F)cc(F)c1. The Morgan fingerprint density at radius 2 is 1.70 bits per heavy atom. The molecule has 1 aromatic rings. The summed E-state index contributed by atoms with van der Waals surface area (Å²) >= 11 is 0. The lowest BCUT2D eigenvalue weighted by molar-refractivity contribution is -0.121. The van der Waals surface area contributed by atoms with Crippen LogP contribution in [0.5, 0.6) is 0 Å². The van der Waals surface area contributed by atoms with E-state index < -0.39 is 11.6 Å². The number of hydrogen-bond donors (Lipinski definition) is 2. The molecular weight excluding hydrogens is 262 g/mol. The van der Waals surface area contributed by atoms with E-state index in [1.807, 2.05) is 0 Å². The normalized spacial score (nSPS) is 10.6. The highest BCUT2D eigenvalue weighted by Crippen LogP contribution is 2.08. The van der Waals surface area contributed by atoms with Gasteiger partial charge in [0, 0.05) is 19.0 Å². The molecule has 112 valence electrons. The molecule has 0 aromatic heterocycles. The summed E-state index contributed by atoms with van der Waals surface area (Å²) < 4.78 is 25.9. The van der Waals surface area contributed by atoms with Crippen molar-refractivity contribution in [3.8, 4) is 0 Å². The molecular formula is C15H22F2N2O. The molecule has 0 heterocycles. The van der Waals surface area contributed by atoms with Crippen LogP contribution in [0.1, 0.15) is 37.7 Å². The molecule has 3 nitrogen and oxygen atoms in total. The van der Waals surface area contributed by atoms with Gasteiger partial charge in [-0.15, -0.1) is 0 Å². The summed E-state index contributed by atoms with van der Waals surface area (Å²) in [6.45, 7) is 1.08. The molecule has 0 saturated carbocycles. The Balaban J connectivity index is 2.15. The van der Waals surface area contributed by atoms with E-state index in [4.69, 9.17) is 5.73 Å². The van der Waals surface area contributed by atoms with Gasteiger partial charge in [-0.25, -0.2) is 8.78 Å². The predicted octanol–water partition coefficient (Wildman–Crippen LogP) is 2.53. The number of carbonyl (C=O) groups is 1. The average molecular weight is 284 g/mol. The Hall–Kier alpha value is -1.49. The Bertz CT molecular complexity index is 404. The minimum absolute atomic E-state index is 0.0189. The molecule has 0 aliphatic heterocycles. The first-order valence-electron chi connectivity index (χ1n) is 7.03. The Morgan fingerprint density at radius 3 is 2.35 bits per heavy atom. The van der Waals surface area contributed by atoms with Crippen molar-refractivity contribution < 1.29 is 13.6 Å². The first-order chi connectivity index (χ1) is 9.61. The van der Waals surface area contributed by atoms with Crippen LogP contribution in [0.4, 0.5) is 8.78 Å². The fraction of sp³-hybridized carbons (Fsp3) is 0.533. The van der Waals surface area contributed by atoms with E-state index in [9.17, 15) is 13.6 Å². The number of nitrogens with two attached hydrogens (primary N) is 1. The zero-order valence-corrected chi connectivity index (χ0v) is 11.6. The van der Waals surface area contributed by atoms with Crippen LogP contribution >= 0.6 is 0 Å². The molecule has 0 spiro atoms. The molecule has 0 radical (unpaired) electrons. The van der Waals surface area contributed by atoms with E-state index in [-0.39, 0.29) is 5.91 Å². The van der Waals surface area contributed by atoms with Gasteiger partial charge in [-0.1, -0.05) is 12.8 Å². The van der Waals surface area contributed by atoms with Crippen molar-refractivity contribution in [2.45, 2.75) is 38.5 Å². The van der Waals surface area contributed by atoms with Crippen LogP contribution in [0.15, 0.2) is 18.2 Å². The molecule has 0 aliphatic carbocycles. The third-order valence-electron chi connectivity index (χ3n) is 3.02. The number of nitrogens with one attached hydrogen (secondary N) is 1. The minimum atomic E-state index is -0.591. The first-order valence-corrected chi connectivity index (χ1v) is 7.03. The number of unbranched alkanes of at least 4 members (excludes halogenated alkanes) is 3. The Labute approximate surface area is 118 Å². The maximum absolute atomic E-state index is 12.9. The molecule has 0 atom stereocenters. The Morgan fingerprint density at radius 1 is 1.05 bits per heavy atom. The maximum atomic E-state index is 12.9. The third kappa shape index (κ3) is 7.19. The number of amides is 1. The molecule has 0 aliphatic rings. The van der Waals surface area contributed by atoms with Crippen molar-refractivity contribution in [2.75, 3.05) is 13.1 Å². The Kier molecular flexibility index (Phi) is 7.80. The van der Waals surface area contributed by atoms with Gasteiger partial charge in [0.15, 0.2) is 0 Å². The van der Waals surface area contributed by atoms with Crippen LogP contribution in [-0.4, -0.2) is 19.0 Å². The van der Waals surface area contributed by atoms with Gasteiger partial charge < -0.3 is 11.1 Å². The summed E-state index contributed by atoms with van der Waals surface area (Å²) in [4.78, 5) is 11.5. The van der Waals surface area contributed by atoms with Gasteiger partial charge in [-0.3, -0.25) is 4.79 Å². The van der Waals surface area contributed by atoms with E-state index >= 15 is 0 Å². The summed E-state index contributed by atoms with van der Waals surface area (Å²) in [7, 11) is 0. The van der Waals surface area contributed by atoms with Crippen molar-refractivity contribution >= 4 is 5.91 Å².